The summed E-state index contributed by atoms with van der Waals surface area (Å²) in [6, 6.07) is 1.78. The van der Waals surface area contributed by atoms with Gasteiger partial charge in [0.1, 0.15) is 5.76 Å². The molecule has 6 heteroatoms. The van der Waals surface area contributed by atoms with E-state index in [1.807, 2.05) is 11.1 Å². The highest BCUT2D eigenvalue weighted by Gasteiger charge is 2.28. The number of aryl methyl sites for hydroxylation is 2. The van der Waals surface area contributed by atoms with Crippen LogP contribution in [0.25, 0.3) is 0 Å². The predicted octanol–water partition coefficient (Wildman–Crippen LogP) is 3.41. The van der Waals surface area contributed by atoms with Gasteiger partial charge in [0.25, 0.3) is 5.91 Å². The highest BCUT2D eigenvalue weighted by Crippen LogP contribution is 2.30. The van der Waals surface area contributed by atoms with Gasteiger partial charge in [-0.25, -0.2) is 4.98 Å². The van der Waals surface area contributed by atoms with Gasteiger partial charge in [0.15, 0.2) is 5.69 Å². The molecule has 1 atom stereocenters. The van der Waals surface area contributed by atoms with Crippen molar-refractivity contribution in [2.45, 2.75) is 45.4 Å². The first-order valence-electron chi connectivity index (χ1n) is 7.84. The highest BCUT2D eigenvalue weighted by molar-refractivity contribution is 7.11. The first-order chi connectivity index (χ1) is 10.7. The fourth-order valence-electron chi connectivity index (χ4n) is 2.86. The minimum atomic E-state index is -0.0240. The van der Waals surface area contributed by atoms with Gasteiger partial charge in [-0.05, 0) is 26.2 Å². The predicted molar refractivity (Wildman–Crippen MR) is 85.2 cm³/mol. The Labute approximate surface area is 134 Å². The first kappa shape index (κ1) is 15.2. The normalized spacial score (nSPS) is 18.6. The fraction of sp³-hybridized carbons (Fsp3) is 0.562. The van der Waals surface area contributed by atoms with Gasteiger partial charge in [0, 0.05) is 42.6 Å². The molecule has 2 aromatic rings. The van der Waals surface area contributed by atoms with Crippen molar-refractivity contribution in [2.24, 2.45) is 0 Å². The lowest BCUT2D eigenvalue weighted by Crippen LogP contribution is -2.39. The molecule has 0 aliphatic carbocycles. The number of aromatic nitrogens is 2. The molecule has 1 aliphatic heterocycles. The van der Waals surface area contributed by atoms with Crippen molar-refractivity contribution in [2.75, 3.05) is 13.1 Å². The molecule has 0 unspecified atom stereocenters. The van der Waals surface area contributed by atoms with Gasteiger partial charge in [0.2, 0.25) is 0 Å². The van der Waals surface area contributed by atoms with Crippen LogP contribution in [0.2, 0.25) is 0 Å². The maximum absolute atomic E-state index is 12.6. The molecule has 22 heavy (non-hydrogen) atoms. The summed E-state index contributed by atoms with van der Waals surface area (Å²) in [4.78, 5) is 20.2. The number of hydrogen-bond acceptors (Lipinski definition) is 5. The van der Waals surface area contributed by atoms with E-state index in [0.29, 0.717) is 11.6 Å². The monoisotopic (exact) mass is 319 g/mol. The average molecular weight is 319 g/mol. The second-order valence-corrected chi connectivity index (χ2v) is 7.09. The summed E-state index contributed by atoms with van der Waals surface area (Å²) >= 11 is 1.73. The lowest BCUT2D eigenvalue weighted by molar-refractivity contribution is 0.0696. The molecule has 3 rings (SSSR count). The molecule has 0 spiro atoms. The van der Waals surface area contributed by atoms with E-state index in [-0.39, 0.29) is 5.91 Å². The van der Waals surface area contributed by atoms with Crippen molar-refractivity contribution in [1.29, 1.82) is 0 Å². The molecule has 0 N–H and O–H groups in total. The van der Waals surface area contributed by atoms with Crippen LogP contribution in [-0.2, 0) is 6.42 Å². The van der Waals surface area contributed by atoms with Crippen LogP contribution >= 0.6 is 11.3 Å². The SMILES string of the molecule is CCCc1cc(C(=O)N2CCC[C@H](c3ncc(C)s3)C2)no1. The van der Waals surface area contributed by atoms with Crippen LogP contribution in [0.1, 0.15) is 58.2 Å². The van der Waals surface area contributed by atoms with E-state index >= 15 is 0 Å². The molecule has 1 aliphatic rings. The first-order valence-corrected chi connectivity index (χ1v) is 8.66. The number of carbonyl (C=O) groups excluding carboxylic acids is 1. The smallest absolute Gasteiger partial charge is 0.276 e. The molecule has 0 aromatic carbocycles. The number of amides is 1. The van der Waals surface area contributed by atoms with Crippen LogP contribution in [0.4, 0.5) is 0 Å². The van der Waals surface area contributed by atoms with E-state index < -0.39 is 0 Å². The lowest BCUT2D eigenvalue weighted by Gasteiger charge is -2.31. The van der Waals surface area contributed by atoms with Crippen LogP contribution in [0.3, 0.4) is 0 Å². The Balaban J connectivity index is 1.69. The third-order valence-electron chi connectivity index (χ3n) is 3.97. The summed E-state index contributed by atoms with van der Waals surface area (Å²) in [5.74, 6) is 1.11. The summed E-state index contributed by atoms with van der Waals surface area (Å²) in [5.41, 5.74) is 0.430. The lowest BCUT2D eigenvalue weighted by atomic mass is 9.98. The Bertz CT molecular complexity index is 649. The molecule has 1 amide bonds. The third kappa shape index (κ3) is 3.21. The molecule has 0 bridgehead atoms. The van der Waals surface area contributed by atoms with E-state index in [1.165, 1.54) is 4.88 Å². The zero-order valence-electron chi connectivity index (χ0n) is 13.0. The molecule has 2 aromatic heterocycles. The van der Waals surface area contributed by atoms with Gasteiger partial charge in [-0.3, -0.25) is 4.79 Å². The second kappa shape index (κ2) is 6.60. The molecular formula is C16H21N3O2S. The van der Waals surface area contributed by atoms with Crippen molar-refractivity contribution in [3.8, 4) is 0 Å². The number of likely N-dealkylation sites (tertiary alicyclic amines) is 1. The highest BCUT2D eigenvalue weighted by atomic mass is 32.1. The van der Waals surface area contributed by atoms with Crippen LogP contribution < -0.4 is 0 Å². The molecule has 1 saturated heterocycles. The summed E-state index contributed by atoms with van der Waals surface area (Å²) in [7, 11) is 0. The van der Waals surface area contributed by atoms with Gasteiger partial charge in [0.05, 0.1) is 5.01 Å². The summed E-state index contributed by atoms with van der Waals surface area (Å²) in [6.07, 6.45) is 5.82. The Kier molecular flexibility index (Phi) is 4.57. The molecule has 0 radical (unpaired) electrons. The van der Waals surface area contributed by atoms with Crippen LogP contribution in [0, 0.1) is 6.92 Å². The zero-order valence-corrected chi connectivity index (χ0v) is 13.9. The minimum absolute atomic E-state index is 0.0240. The topological polar surface area (TPSA) is 59.2 Å². The number of nitrogens with zero attached hydrogens (tertiary/aromatic N) is 3. The Morgan fingerprint density at radius 1 is 1.55 bits per heavy atom. The van der Waals surface area contributed by atoms with Gasteiger partial charge in [-0.1, -0.05) is 12.1 Å². The number of thiazole rings is 1. The molecule has 0 saturated carbocycles. The summed E-state index contributed by atoms with van der Waals surface area (Å²) < 4.78 is 5.22. The van der Waals surface area contributed by atoms with Gasteiger partial charge in [-0.2, -0.15) is 0 Å². The Hall–Kier alpha value is -1.69. The molecule has 5 nitrogen and oxygen atoms in total. The maximum atomic E-state index is 12.6. The molecule has 3 heterocycles. The van der Waals surface area contributed by atoms with E-state index in [2.05, 4.69) is 24.0 Å². The van der Waals surface area contributed by atoms with E-state index in [4.69, 9.17) is 4.52 Å². The van der Waals surface area contributed by atoms with Crippen LogP contribution in [0.5, 0.6) is 0 Å². The van der Waals surface area contributed by atoms with E-state index in [9.17, 15) is 4.79 Å². The van der Waals surface area contributed by atoms with Crippen LogP contribution in [-0.4, -0.2) is 34.0 Å². The van der Waals surface area contributed by atoms with Gasteiger partial charge >= 0.3 is 0 Å². The summed E-state index contributed by atoms with van der Waals surface area (Å²) in [6.45, 7) is 5.66. The van der Waals surface area contributed by atoms with Crippen molar-refractivity contribution in [3.63, 3.8) is 0 Å². The molecular weight excluding hydrogens is 298 g/mol. The second-order valence-electron chi connectivity index (χ2n) is 5.83. The molecule has 118 valence electrons. The third-order valence-corrected chi connectivity index (χ3v) is 5.05. The Morgan fingerprint density at radius 2 is 2.41 bits per heavy atom. The maximum Gasteiger partial charge on any atom is 0.276 e. The van der Waals surface area contributed by atoms with E-state index in [1.54, 1.807) is 17.4 Å². The largest absolute Gasteiger partial charge is 0.361 e. The zero-order chi connectivity index (χ0) is 15.5. The fourth-order valence-corrected chi connectivity index (χ4v) is 3.76. The van der Waals surface area contributed by atoms with Gasteiger partial charge in [-0.15, -0.1) is 11.3 Å². The standard InChI is InChI=1S/C16H21N3O2S/c1-3-5-13-8-14(18-21-13)16(20)19-7-4-6-12(10-19)15-17-9-11(2)22-15/h8-9,12H,3-7,10H2,1-2H3/t12-/m0/s1. The minimum Gasteiger partial charge on any atom is -0.361 e. The van der Waals surface area contributed by atoms with Gasteiger partial charge < -0.3 is 9.42 Å². The number of rotatable bonds is 4. The average Bonchev–Trinajstić information content (AvgIpc) is 3.16. The number of hydrogen-bond donors (Lipinski definition) is 0. The van der Waals surface area contributed by atoms with Crippen molar-refractivity contribution < 1.29 is 9.32 Å². The number of piperidine rings is 1. The molecule has 1 fully saturated rings. The van der Waals surface area contributed by atoms with E-state index in [0.717, 1.165) is 49.5 Å². The summed E-state index contributed by atoms with van der Waals surface area (Å²) in [5, 5.41) is 5.07. The van der Waals surface area contributed by atoms with Crippen molar-refractivity contribution in [3.05, 3.63) is 33.6 Å². The quantitative estimate of drug-likeness (QED) is 0.866. The van der Waals surface area contributed by atoms with Crippen LogP contribution in [0.15, 0.2) is 16.8 Å². The number of carbonyl (C=O) groups is 1. The Morgan fingerprint density at radius 3 is 3.14 bits per heavy atom. The van der Waals surface area contributed by atoms with Crippen molar-refractivity contribution >= 4 is 17.2 Å². The van der Waals surface area contributed by atoms with Crippen molar-refractivity contribution in [1.82, 2.24) is 15.0 Å².